The second-order valence-electron chi connectivity index (χ2n) is 14.9. The Labute approximate surface area is 300 Å². The van der Waals surface area contributed by atoms with Crippen LogP contribution >= 0.6 is 43.6 Å². The van der Waals surface area contributed by atoms with Crippen LogP contribution in [0.2, 0.25) is 0 Å². The summed E-state index contributed by atoms with van der Waals surface area (Å²) in [6.45, 7) is 14.1. The number of rotatable bonds is 17. The molecular weight excluding hydrogens is 712 g/mol. The number of benzene rings is 3. The van der Waals surface area contributed by atoms with E-state index in [1.807, 2.05) is 0 Å². The monoisotopic (exact) mass is 764 g/mol. The number of hydrogen-bond acceptors (Lipinski definition) is 3. The number of nitrogens with zero attached hydrogens (tertiary/aromatic N) is 2. The van der Waals surface area contributed by atoms with E-state index >= 15 is 0 Å². The maximum absolute atomic E-state index is 4.90. The van der Waals surface area contributed by atoms with Crippen molar-refractivity contribution in [2.24, 2.45) is 0 Å². The quantitative estimate of drug-likeness (QED) is 0.0790. The lowest BCUT2D eigenvalue weighted by atomic mass is 9.69. The molecular formula is C41H54Br2N2S. The first kappa shape index (κ1) is 35.7. The minimum atomic E-state index is 0.0346. The summed E-state index contributed by atoms with van der Waals surface area (Å²) in [5.74, 6) is 0. The molecule has 0 N–H and O–H groups in total. The molecule has 0 saturated heterocycles. The summed E-state index contributed by atoms with van der Waals surface area (Å²) in [4.78, 5) is 0. The Morgan fingerprint density at radius 3 is 1.76 bits per heavy atom. The van der Waals surface area contributed by atoms with Crippen molar-refractivity contribution >= 4 is 54.6 Å². The molecule has 1 aliphatic carbocycles. The van der Waals surface area contributed by atoms with Crippen molar-refractivity contribution in [3.63, 3.8) is 0 Å². The van der Waals surface area contributed by atoms with Crippen LogP contribution in [0, 0.1) is 0 Å². The number of alkyl halides is 2. The molecule has 0 unspecified atom stereocenters. The second-order valence-corrected chi connectivity index (χ2v) is 17.0. The average Bonchev–Trinajstić information content (AvgIpc) is 3.65. The maximum atomic E-state index is 4.90. The summed E-state index contributed by atoms with van der Waals surface area (Å²) in [5, 5.41) is 2.20. The summed E-state index contributed by atoms with van der Waals surface area (Å²) in [6.07, 6.45) is 14.9. The lowest BCUT2D eigenvalue weighted by Gasteiger charge is -2.34. The fraction of sp³-hybridized carbons (Fsp3) is 0.561. The molecule has 0 atom stereocenters. The van der Waals surface area contributed by atoms with Crippen LogP contribution in [-0.4, -0.2) is 19.4 Å². The smallest absolute Gasteiger partial charge is 0.112 e. The van der Waals surface area contributed by atoms with E-state index in [-0.39, 0.29) is 16.2 Å². The molecule has 1 aromatic heterocycles. The molecule has 4 aromatic rings. The van der Waals surface area contributed by atoms with E-state index in [1.165, 1.54) is 109 Å². The highest BCUT2D eigenvalue weighted by Gasteiger charge is 2.43. The zero-order valence-corrected chi connectivity index (χ0v) is 33.1. The molecule has 5 heteroatoms. The predicted octanol–water partition coefficient (Wildman–Crippen LogP) is 13.7. The Kier molecular flexibility index (Phi) is 11.9. The zero-order valence-electron chi connectivity index (χ0n) is 29.1. The summed E-state index contributed by atoms with van der Waals surface area (Å²) >= 11 is 8.67. The van der Waals surface area contributed by atoms with Gasteiger partial charge in [0.1, 0.15) is 11.0 Å². The van der Waals surface area contributed by atoms with Gasteiger partial charge in [0.15, 0.2) is 0 Å². The van der Waals surface area contributed by atoms with Crippen LogP contribution in [0.25, 0.3) is 33.3 Å². The van der Waals surface area contributed by atoms with Gasteiger partial charge in [0.05, 0.1) is 11.7 Å². The van der Waals surface area contributed by atoms with Crippen molar-refractivity contribution < 1.29 is 0 Å². The first-order valence-electron chi connectivity index (χ1n) is 17.8. The van der Waals surface area contributed by atoms with Crippen molar-refractivity contribution in [1.82, 2.24) is 8.75 Å². The summed E-state index contributed by atoms with van der Waals surface area (Å²) < 4.78 is 9.75. The third-order valence-electron chi connectivity index (χ3n) is 11.3. The summed E-state index contributed by atoms with van der Waals surface area (Å²) in [7, 11) is 0. The molecule has 0 saturated carbocycles. The molecule has 0 amide bonds. The standard InChI is InChI=1S/C41H54Br2N2S/c1-7-39(3,4)30-18-20-33-32-19-17-29(31-21-22-34(40(5,6)8-2)38-37(31)44-46-45-38)27-35(32)41(36(33)28-30,23-13-9-11-15-25-42)24-14-10-12-16-26-43/h17-22,27-28H,7-16,23-26H2,1-6H3. The van der Waals surface area contributed by atoms with E-state index in [9.17, 15) is 0 Å². The molecule has 46 heavy (non-hydrogen) atoms. The fourth-order valence-corrected chi connectivity index (χ4v) is 8.90. The minimum Gasteiger partial charge on any atom is -0.173 e. The Morgan fingerprint density at radius 2 is 1.15 bits per heavy atom. The normalized spacial score (nSPS) is 14.2. The first-order valence-corrected chi connectivity index (χ1v) is 20.8. The van der Waals surface area contributed by atoms with E-state index in [4.69, 9.17) is 8.75 Å². The van der Waals surface area contributed by atoms with Gasteiger partial charge in [-0.15, -0.1) is 0 Å². The molecule has 0 fully saturated rings. The number of halogens is 2. The van der Waals surface area contributed by atoms with Gasteiger partial charge >= 0.3 is 0 Å². The largest absolute Gasteiger partial charge is 0.173 e. The van der Waals surface area contributed by atoms with Gasteiger partial charge in [0, 0.05) is 21.6 Å². The van der Waals surface area contributed by atoms with Crippen molar-refractivity contribution in [1.29, 1.82) is 0 Å². The van der Waals surface area contributed by atoms with E-state index in [2.05, 4.69) is 122 Å². The molecule has 1 heterocycles. The van der Waals surface area contributed by atoms with Crippen molar-refractivity contribution in [2.75, 3.05) is 10.7 Å². The van der Waals surface area contributed by atoms with Crippen LogP contribution in [0.3, 0.4) is 0 Å². The SMILES string of the molecule is CCC(C)(C)c1ccc2c(c1)C(CCCCCCBr)(CCCCCCBr)c1cc(-c3ccc(C(C)(C)CC)c4nsnc34)ccc1-2. The number of aromatic nitrogens is 2. The maximum Gasteiger partial charge on any atom is 0.112 e. The van der Waals surface area contributed by atoms with Gasteiger partial charge in [-0.2, -0.15) is 8.75 Å². The van der Waals surface area contributed by atoms with Crippen LogP contribution in [0.5, 0.6) is 0 Å². The van der Waals surface area contributed by atoms with Crippen LogP contribution < -0.4 is 0 Å². The van der Waals surface area contributed by atoms with Gasteiger partial charge < -0.3 is 0 Å². The van der Waals surface area contributed by atoms with Crippen LogP contribution in [0.1, 0.15) is 141 Å². The van der Waals surface area contributed by atoms with E-state index in [1.54, 1.807) is 11.1 Å². The van der Waals surface area contributed by atoms with Crippen LogP contribution in [-0.2, 0) is 16.2 Å². The van der Waals surface area contributed by atoms with Crippen molar-refractivity contribution in [3.05, 3.63) is 70.8 Å². The van der Waals surface area contributed by atoms with Gasteiger partial charge in [-0.3, -0.25) is 0 Å². The number of fused-ring (bicyclic) bond motifs is 4. The van der Waals surface area contributed by atoms with Crippen molar-refractivity contribution in [2.45, 2.75) is 135 Å². The summed E-state index contributed by atoms with van der Waals surface area (Å²) in [5.41, 5.74) is 13.7. The lowest BCUT2D eigenvalue weighted by Crippen LogP contribution is -2.26. The molecule has 0 spiro atoms. The lowest BCUT2D eigenvalue weighted by molar-refractivity contribution is 0.400. The van der Waals surface area contributed by atoms with Gasteiger partial charge in [-0.1, -0.05) is 154 Å². The third-order valence-corrected chi connectivity index (χ3v) is 13.0. The molecule has 0 aliphatic heterocycles. The van der Waals surface area contributed by atoms with Gasteiger partial charge in [-0.05, 0) is 94.4 Å². The molecule has 248 valence electrons. The highest BCUT2D eigenvalue weighted by Crippen LogP contribution is 2.56. The van der Waals surface area contributed by atoms with Gasteiger partial charge in [-0.25, -0.2) is 0 Å². The summed E-state index contributed by atoms with van der Waals surface area (Å²) in [6, 6.07) is 19.5. The highest BCUT2D eigenvalue weighted by atomic mass is 79.9. The molecule has 3 aromatic carbocycles. The molecule has 5 rings (SSSR count). The average molecular weight is 767 g/mol. The Balaban J connectivity index is 1.66. The second kappa shape index (κ2) is 15.3. The molecule has 2 nitrogen and oxygen atoms in total. The number of unbranched alkanes of at least 4 members (excludes halogenated alkanes) is 6. The Bertz CT molecular complexity index is 1600. The molecule has 0 bridgehead atoms. The predicted molar refractivity (Wildman–Crippen MR) is 209 cm³/mol. The van der Waals surface area contributed by atoms with E-state index in [0.29, 0.717) is 0 Å². The molecule has 1 aliphatic rings. The molecule has 0 radical (unpaired) electrons. The zero-order chi connectivity index (χ0) is 33.0. The van der Waals surface area contributed by atoms with E-state index in [0.717, 1.165) is 34.5 Å². The third kappa shape index (κ3) is 7.08. The van der Waals surface area contributed by atoms with Gasteiger partial charge in [0.2, 0.25) is 0 Å². The highest BCUT2D eigenvalue weighted by molar-refractivity contribution is 9.09. The van der Waals surface area contributed by atoms with Gasteiger partial charge in [0.25, 0.3) is 0 Å². The topological polar surface area (TPSA) is 25.8 Å². The number of hydrogen-bond donors (Lipinski definition) is 0. The van der Waals surface area contributed by atoms with Crippen LogP contribution in [0.15, 0.2) is 48.5 Å². The Hall–Kier alpha value is -1.56. The fourth-order valence-electron chi connectivity index (χ4n) is 7.54. The van der Waals surface area contributed by atoms with Crippen LogP contribution in [0.4, 0.5) is 0 Å². The van der Waals surface area contributed by atoms with E-state index < -0.39 is 0 Å². The Morgan fingerprint density at radius 1 is 0.609 bits per heavy atom. The first-order chi connectivity index (χ1) is 22.1. The minimum absolute atomic E-state index is 0.0346. The van der Waals surface area contributed by atoms with Crippen molar-refractivity contribution in [3.8, 4) is 22.3 Å².